The lowest BCUT2D eigenvalue weighted by atomic mass is 10.1. The van der Waals surface area contributed by atoms with Crippen LogP contribution in [0, 0.1) is 0 Å². The number of rotatable bonds is 4. The van der Waals surface area contributed by atoms with E-state index in [1.807, 2.05) is 30.3 Å². The lowest BCUT2D eigenvalue weighted by Gasteiger charge is -2.20. The van der Waals surface area contributed by atoms with Crippen molar-refractivity contribution in [2.45, 2.75) is 18.9 Å². The van der Waals surface area contributed by atoms with Gasteiger partial charge in [0.15, 0.2) is 0 Å². The van der Waals surface area contributed by atoms with Crippen LogP contribution in [0.4, 0.5) is 0 Å². The van der Waals surface area contributed by atoms with Crippen LogP contribution >= 0.6 is 11.8 Å². The molecule has 96 valence electrons. The first-order chi connectivity index (χ1) is 8.68. The Hall–Kier alpha value is -1.49. The van der Waals surface area contributed by atoms with E-state index in [4.69, 9.17) is 5.11 Å². The van der Waals surface area contributed by atoms with Crippen LogP contribution in [0.2, 0.25) is 0 Å². The van der Waals surface area contributed by atoms with Gasteiger partial charge in [-0.15, -0.1) is 11.8 Å². The highest BCUT2D eigenvalue weighted by molar-refractivity contribution is 7.99. The SMILES string of the molecule is O=C(O)[C@@H]1CSCN1C(=O)CCc1ccccc1. The Morgan fingerprint density at radius 2 is 2.06 bits per heavy atom. The van der Waals surface area contributed by atoms with E-state index >= 15 is 0 Å². The fraction of sp³-hybridized carbons (Fsp3) is 0.385. The van der Waals surface area contributed by atoms with Gasteiger partial charge < -0.3 is 10.0 Å². The number of thioether (sulfide) groups is 1. The van der Waals surface area contributed by atoms with Gasteiger partial charge in [-0.3, -0.25) is 4.79 Å². The molecule has 18 heavy (non-hydrogen) atoms. The van der Waals surface area contributed by atoms with Gasteiger partial charge in [0.2, 0.25) is 5.91 Å². The Kier molecular flexibility index (Phi) is 4.25. The van der Waals surface area contributed by atoms with E-state index in [0.29, 0.717) is 24.5 Å². The fourth-order valence-electron chi connectivity index (χ4n) is 1.93. The number of benzene rings is 1. The summed E-state index contributed by atoms with van der Waals surface area (Å²) in [5, 5.41) is 9.01. The molecule has 1 aromatic carbocycles. The molecule has 0 unspecified atom stereocenters. The molecule has 1 fully saturated rings. The molecule has 1 saturated heterocycles. The summed E-state index contributed by atoms with van der Waals surface area (Å²) in [6, 6.07) is 9.10. The van der Waals surface area contributed by atoms with Crippen LogP contribution in [0.15, 0.2) is 30.3 Å². The number of carbonyl (C=O) groups excluding carboxylic acids is 1. The molecule has 1 atom stereocenters. The number of nitrogens with zero attached hydrogens (tertiary/aromatic N) is 1. The second-order valence-electron chi connectivity index (χ2n) is 4.20. The molecule has 1 N–H and O–H groups in total. The first-order valence-electron chi connectivity index (χ1n) is 5.82. The number of carboxylic acid groups (broad SMARTS) is 1. The van der Waals surface area contributed by atoms with Crippen molar-refractivity contribution in [1.82, 2.24) is 4.90 Å². The number of hydrogen-bond donors (Lipinski definition) is 1. The van der Waals surface area contributed by atoms with Crippen LogP contribution in [-0.4, -0.2) is 39.6 Å². The Morgan fingerprint density at radius 3 is 2.72 bits per heavy atom. The van der Waals surface area contributed by atoms with E-state index in [0.717, 1.165) is 5.56 Å². The summed E-state index contributed by atoms with van der Waals surface area (Å²) in [7, 11) is 0. The summed E-state index contributed by atoms with van der Waals surface area (Å²) < 4.78 is 0. The van der Waals surface area contributed by atoms with Crippen molar-refractivity contribution in [3.63, 3.8) is 0 Å². The van der Waals surface area contributed by atoms with Crippen LogP contribution in [0.5, 0.6) is 0 Å². The smallest absolute Gasteiger partial charge is 0.327 e. The number of carbonyl (C=O) groups is 2. The van der Waals surface area contributed by atoms with E-state index in [-0.39, 0.29) is 5.91 Å². The van der Waals surface area contributed by atoms with Crippen LogP contribution < -0.4 is 0 Å². The van der Waals surface area contributed by atoms with E-state index in [1.54, 1.807) is 0 Å². The average molecular weight is 265 g/mol. The largest absolute Gasteiger partial charge is 0.480 e. The molecule has 1 aliphatic heterocycles. The fourth-order valence-corrected chi connectivity index (χ4v) is 3.10. The minimum atomic E-state index is -0.909. The second-order valence-corrected chi connectivity index (χ2v) is 5.20. The number of carboxylic acids is 1. The van der Waals surface area contributed by atoms with Crippen LogP contribution in [0.25, 0.3) is 0 Å². The van der Waals surface area contributed by atoms with Crippen molar-refractivity contribution in [1.29, 1.82) is 0 Å². The number of amides is 1. The van der Waals surface area contributed by atoms with Gasteiger partial charge in [0.25, 0.3) is 0 Å². The van der Waals surface area contributed by atoms with Gasteiger partial charge in [-0.2, -0.15) is 0 Å². The van der Waals surface area contributed by atoms with Crippen molar-refractivity contribution >= 4 is 23.6 Å². The van der Waals surface area contributed by atoms with Crippen LogP contribution in [0.1, 0.15) is 12.0 Å². The highest BCUT2D eigenvalue weighted by Gasteiger charge is 2.33. The third-order valence-corrected chi connectivity index (χ3v) is 3.97. The third kappa shape index (κ3) is 3.04. The third-order valence-electron chi connectivity index (χ3n) is 2.96. The number of hydrogen-bond acceptors (Lipinski definition) is 3. The van der Waals surface area contributed by atoms with Crippen molar-refractivity contribution in [2.24, 2.45) is 0 Å². The molecule has 1 heterocycles. The van der Waals surface area contributed by atoms with Gasteiger partial charge >= 0.3 is 5.97 Å². The van der Waals surface area contributed by atoms with Crippen LogP contribution in [0.3, 0.4) is 0 Å². The lowest BCUT2D eigenvalue weighted by molar-refractivity contribution is -0.147. The molecular weight excluding hydrogens is 250 g/mol. The molecule has 1 aliphatic rings. The van der Waals surface area contributed by atoms with Crippen LogP contribution in [-0.2, 0) is 16.0 Å². The minimum absolute atomic E-state index is 0.0729. The molecular formula is C13H15NO3S. The summed E-state index contributed by atoms with van der Waals surface area (Å²) in [4.78, 5) is 24.4. The van der Waals surface area contributed by atoms with Gasteiger partial charge in [-0.25, -0.2) is 4.79 Å². The summed E-state index contributed by atoms with van der Waals surface area (Å²) in [5.74, 6) is 0.00102. The molecule has 0 aromatic heterocycles. The molecule has 0 saturated carbocycles. The summed E-state index contributed by atoms with van der Waals surface area (Å²) in [6.07, 6.45) is 1.03. The van der Waals surface area contributed by atoms with Gasteiger partial charge in [0.05, 0.1) is 5.88 Å². The second kappa shape index (κ2) is 5.91. The van der Waals surface area contributed by atoms with Gasteiger partial charge in [0.1, 0.15) is 6.04 Å². The van der Waals surface area contributed by atoms with E-state index in [1.165, 1.54) is 16.7 Å². The zero-order valence-electron chi connectivity index (χ0n) is 9.91. The quantitative estimate of drug-likeness (QED) is 0.898. The maximum atomic E-state index is 12.0. The normalized spacial score (nSPS) is 18.9. The Labute approximate surface area is 110 Å². The molecule has 2 rings (SSSR count). The molecule has 0 bridgehead atoms. The predicted octanol–water partition coefficient (Wildman–Crippen LogP) is 1.61. The monoisotopic (exact) mass is 265 g/mol. The highest BCUT2D eigenvalue weighted by Crippen LogP contribution is 2.22. The van der Waals surface area contributed by atoms with Gasteiger partial charge in [0, 0.05) is 12.2 Å². The minimum Gasteiger partial charge on any atom is -0.480 e. The topological polar surface area (TPSA) is 57.6 Å². The standard InChI is InChI=1S/C13H15NO3S/c15-12(7-6-10-4-2-1-3-5-10)14-9-18-8-11(14)13(16)17/h1-5,11H,6-9H2,(H,16,17)/t11-/m0/s1. The van der Waals surface area contributed by atoms with E-state index < -0.39 is 12.0 Å². The zero-order chi connectivity index (χ0) is 13.0. The molecule has 4 nitrogen and oxygen atoms in total. The zero-order valence-corrected chi connectivity index (χ0v) is 10.7. The van der Waals surface area contributed by atoms with E-state index in [2.05, 4.69) is 0 Å². The van der Waals surface area contributed by atoms with Gasteiger partial charge in [-0.05, 0) is 12.0 Å². The maximum Gasteiger partial charge on any atom is 0.327 e. The van der Waals surface area contributed by atoms with Crippen molar-refractivity contribution in [3.05, 3.63) is 35.9 Å². The summed E-state index contributed by atoms with van der Waals surface area (Å²) in [5.41, 5.74) is 1.10. The predicted molar refractivity (Wildman–Crippen MR) is 70.4 cm³/mol. The molecule has 0 spiro atoms. The molecule has 1 aromatic rings. The summed E-state index contributed by atoms with van der Waals surface area (Å²) in [6.45, 7) is 0. The Bertz CT molecular complexity index is 435. The summed E-state index contributed by atoms with van der Waals surface area (Å²) >= 11 is 1.49. The van der Waals surface area contributed by atoms with Gasteiger partial charge in [-0.1, -0.05) is 30.3 Å². The Balaban J connectivity index is 1.90. The number of aryl methyl sites for hydroxylation is 1. The molecule has 0 radical (unpaired) electrons. The number of aliphatic carboxylic acids is 1. The van der Waals surface area contributed by atoms with Crippen molar-refractivity contribution in [3.8, 4) is 0 Å². The first-order valence-corrected chi connectivity index (χ1v) is 6.98. The lowest BCUT2D eigenvalue weighted by Crippen LogP contribution is -2.41. The molecule has 1 amide bonds. The first kappa shape index (κ1) is 13.0. The van der Waals surface area contributed by atoms with E-state index in [9.17, 15) is 9.59 Å². The Morgan fingerprint density at radius 1 is 1.33 bits per heavy atom. The highest BCUT2D eigenvalue weighted by atomic mass is 32.2. The molecule has 0 aliphatic carbocycles. The average Bonchev–Trinajstić information content (AvgIpc) is 2.86. The molecule has 5 heteroatoms. The van der Waals surface area contributed by atoms with Crippen molar-refractivity contribution < 1.29 is 14.7 Å². The van der Waals surface area contributed by atoms with Crippen molar-refractivity contribution in [2.75, 3.05) is 11.6 Å². The maximum absolute atomic E-state index is 12.0.